The predicted octanol–water partition coefficient (Wildman–Crippen LogP) is 2.64. The molecule has 4 nitrogen and oxygen atoms in total. The van der Waals surface area contributed by atoms with Crippen LogP contribution in [0.3, 0.4) is 0 Å². The van der Waals surface area contributed by atoms with Crippen molar-refractivity contribution in [1.82, 2.24) is 0 Å². The van der Waals surface area contributed by atoms with Gasteiger partial charge < -0.3 is 10.1 Å². The first kappa shape index (κ1) is 14.4. The van der Waals surface area contributed by atoms with E-state index in [4.69, 9.17) is 4.74 Å². The molecule has 0 atom stereocenters. The molecule has 1 aromatic carbocycles. The number of esters is 1. The van der Waals surface area contributed by atoms with Gasteiger partial charge in [-0.15, -0.1) is 0 Å². The minimum absolute atomic E-state index is 0.159. The van der Waals surface area contributed by atoms with E-state index in [2.05, 4.69) is 5.32 Å². The monoisotopic (exact) mass is 283 g/mol. The number of amides is 1. The van der Waals surface area contributed by atoms with Crippen molar-refractivity contribution in [3.05, 3.63) is 29.8 Å². The molecule has 0 bridgehead atoms. The van der Waals surface area contributed by atoms with Gasteiger partial charge in [0.15, 0.2) is 6.61 Å². The lowest BCUT2D eigenvalue weighted by Crippen LogP contribution is -2.24. The van der Waals surface area contributed by atoms with Crippen molar-refractivity contribution in [3.63, 3.8) is 0 Å². The Hall–Kier alpha value is -1.98. The maximum atomic E-state index is 13.3. The van der Waals surface area contributed by atoms with Crippen molar-refractivity contribution in [2.24, 2.45) is 5.92 Å². The lowest BCUT2D eigenvalue weighted by atomic mass is 10.1. The number of nitrogens with one attached hydrogen (secondary N) is 1. The van der Waals surface area contributed by atoms with Gasteiger partial charge in [0.2, 0.25) is 0 Å². The summed E-state index contributed by atoms with van der Waals surface area (Å²) in [5.41, 5.74) is -0.533. The van der Waals surface area contributed by atoms with Crippen LogP contribution in [-0.4, -0.2) is 18.5 Å². The standard InChI is InChI=1S/C14H15F2NO3/c15-10-6-3-7-11(16)13(10)17-12(18)8-20-14(19)9-4-1-2-5-9/h3,6-7,9H,1-2,4-5,8H2,(H,17,18). The van der Waals surface area contributed by atoms with E-state index in [0.717, 1.165) is 37.8 Å². The second-order valence-corrected chi connectivity index (χ2v) is 4.73. The first-order valence-electron chi connectivity index (χ1n) is 6.48. The van der Waals surface area contributed by atoms with E-state index in [0.29, 0.717) is 0 Å². The fraction of sp³-hybridized carbons (Fsp3) is 0.429. The molecule has 0 aromatic heterocycles. The largest absolute Gasteiger partial charge is 0.455 e. The molecule has 0 aliphatic heterocycles. The van der Waals surface area contributed by atoms with E-state index < -0.39 is 35.8 Å². The summed E-state index contributed by atoms with van der Waals surface area (Å²) < 4.78 is 31.4. The molecule has 2 rings (SSSR count). The van der Waals surface area contributed by atoms with Gasteiger partial charge in [0.1, 0.15) is 17.3 Å². The van der Waals surface area contributed by atoms with Crippen molar-refractivity contribution >= 4 is 17.6 Å². The van der Waals surface area contributed by atoms with Crippen LogP contribution in [0.5, 0.6) is 0 Å². The molecule has 0 spiro atoms. The van der Waals surface area contributed by atoms with Gasteiger partial charge in [-0.3, -0.25) is 9.59 Å². The first-order valence-corrected chi connectivity index (χ1v) is 6.48. The Morgan fingerprint density at radius 3 is 2.40 bits per heavy atom. The summed E-state index contributed by atoms with van der Waals surface area (Å²) in [6.45, 7) is -0.539. The Labute approximate surface area is 115 Å². The van der Waals surface area contributed by atoms with Crippen LogP contribution in [0.1, 0.15) is 25.7 Å². The molecule has 1 N–H and O–H groups in total. The third-order valence-electron chi connectivity index (χ3n) is 3.26. The van der Waals surface area contributed by atoms with Gasteiger partial charge in [0.05, 0.1) is 5.92 Å². The highest BCUT2D eigenvalue weighted by Gasteiger charge is 2.24. The lowest BCUT2D eigenvalue weighted by molar-refractivity contribution is -0.151. The second kappa shape index (κ2) is 6.45. The Kier molecular flexibility index (Phi) is 4.65. The van der Waals surface area contributed by atoms with Crippen LogP contribution in [0, 0.1) is 17.6 Å². The number of benzene rings is 1. The smallest absolute Gasteiger partial charge is 0.309 e. The van der Waals surface area contributed by atoms with Gasteiger partial charge in [-0.2, -0.15) is 0 Å². The van der Waals surface area contributed by atoms with Gasteiger partial charge in [-0.1, -0.05) is 18.9 Å². The highest BCUT2D eigenvalue weighted by molar-refractivity contribution is 5.93. The summed E-state index contributed by atoms with van der Waals surface area (Å²) >= 11 is 0. The molecular weight excluding hydrogens is 268 g/mol. The fourth-order valence-electron chi connectivity index (χ4n) is 2.21. The molecule has 1 saturated carbocycles. The number of rotatable bonds is 4. The molecule has 1 fully saturated rings. The summed E-state index contributed by atoms with van der Waals surface area (Å²) in [6.07, 6.45) is 3.49. The van der Waals surface area contributed by atoms with E-state index in [1.165, 1.54) is 6.07 Å². The third-order valence-corrected chi connectivity index (χ3v) is 3.26. The maximum Gasteiger partial charge on any atom is 0.309 e. The Bertz CT molecular complexity index is 493. The van der Waals surface area contributed by atoms with Gasteiger partial charge in [0, 0.05) is 0 Å². The van der Waals surface area contributed by atoms with Gasteiger partial charge >= 0.3 is 5.97 Å². The van der Waals surface area contributed by atoms with E-state index in [-0.39, 0.29) is 5.92 Å². The molecule has 1 aliphatic rings. The number of carbonyl (C=O) groups is 2. The van der Waals surface area contributed by atoms with Crippen molar-refractivity contribution in [2.75, 3.05) is 11.9 Å². The van der Waals surface area contributed by atoms with Crippen molar-refractivity contribution in [2.45, 2.75) is 25.7 Å². The molecule has 0 unspecified atom stereocenters. The molecule has 1 aliphatic carbocycles. The summed E-state index contributed by atoms with van der Waals surface area (Å²) in [5, 5.41) is 2.06. The van der Waals surface area contributed by atoms with Crippen LogP contribution in [0.4, 0.5) is 14.5 Å². The van der Waals surface area contributed by atoms with Crippen LogP contribution in [0.2, 0.25) is 0 Å². The van der Waals surface area contributed by atoms with Crippen molar-refractivity contribution < 1.29 is 23.1 Å². The zero-order valence-corrected chi connectivity index (χ0v) is 10.8. The average Bonchev–Trinajstić information content (AvgIpc) is 2.94. The molecule has 108 valence electrons. The second-order valence-electron chi connectivity index (χ2n) is 4.73. The van der Waals surface area contributed by atoms with Crippen LogP contribution in [0.25, 0.3) is 0 Å². The van der Waals surface area contributed by atoms with E-state index in [9.17, 15) is 18.4 Å². The summed E-state index contributed by atoms with van der Waals surface area (Å²) in [7, 11) is 0. The molecule has 0 radical (unpaired) electrons. The van der Waals surface area contributed by atoms with Crippen LogP contribution in [-0.2, 0) is 14.3 Å². The molecule has 6 heteroatoms. The third kappa shape index (κ3) is 3.53. The number of hydrogen-bond donors (Lipinski definition) is 1. The highest BCUT2D eigenvalue weighted by atomic mass is 19.1. The quantitative estimate of drug-likeness (QED) is 0.864. The number of ether oxygens (including phenoxy) is 1. The highest BCUT2D eigenvalue weighted by Crippen LogP contribution is 2.25. The Morgan fingerprint density at radius 1 is 1.20 bits per heavy atom. The number of halogens is 2. The molecule has 1 amide bonds. The van der Waals surface area contributed by atoms with Gasteiger partial charge in [-0.05, 0) is 25.0 Å². The topological polar surface area (TPSA) is 55.4 Å². The van der Waals surface area contributed by atoms with E-state index in [1.807, 2.05) is 0 Å². The minimum Gasteiger partial charge on any atom is -0.455 e. The minimum atomic E-state index is -0.875. The molecule has 0 saturated heterocycles. The predicted molar refractivity (Wildman–Crippen MR) is 67.9 cm³/mol. The van der Waals surface area contributed by atoms with Crippen molar-refractivity contribution in [1.29, 1.82) is 0 Å². The fourth-order valence-corrected chi connectivity index (χ4v) is 2.21. The van der Waals surface area contributed by atoms with Gasteiger partial charge in [0.25, 0.3) is 5.91 Å². The zero-order valence-electron chi connectivity index (χ0n) is 10.8. The first-order chi connectivity index (χ1) is 9.58. The molecule has 1 aromatic rings. The van der Waals surface area contributed by atoms with Crippen LogP contribution >= 0.6 is 0 Å². The zero-order chi connectivity index (χ0) is 14.5. The Balaban J connectivity index is 1.85. The summed E-state index contributed by atoms with van der Waals surface area (Å²) in [4.78, 5) is 23.1. The summed E-state index contributed by atoms with van der Waals surface area (Å²) in [5.74, 6) is -3.10. The number of para-hydroxylation sites is 1. The van der Waals surface area contributed by atoms with E-state index >= 15 is 0 Å². The van der Waals surface area contributed by atoms with Gasteiger partial charge in [-0.25, -0.2) is 8.78 Å². The number of hydrogen-bond acceptors (Lipinski definition) is 3. The van der Waals surface area contributed by atoms with Crippen LogP contribution < -0.4 is 5.32 Å². The molecule has 0 heterocycles. The number of carbonyl (C=O) groups excluding carboxylic acids is 2. The van der Waals surface area contributed by atoms with E-state index in [1.54, 1.807) is 0 Å². The number of anilines is 1. The normalized spacial score (nSPS) is 15.1. The Morgan fingerprint density at radius 2 is 1.80 bits per heavy atom. The molecular formula is C14H15F2NO3. The average molecular weight is 283 g/mol. The van der Waals surface area contributed by atoms with Crippen molar-refractivity contribution in [3.8, 4) is 0 Å². The SMILES string of the molecule is O=C(COC(=O)C1CCCC1)Nc1c(F)cccc1F. The summed E-state index contributed by atoms with van der Waals surface area (Å²) in [6, 6.07) is 3.26. The lowest BCUT2D eigenvalue weighted by Gasteiger charge is -2.10. The maximum absolute atomic E-state index is 13.3. The molecule has 20 heavy (non-hydrogen) atoms. The van der Waals surface area contributed by atoms with Crippen LogP contribution in [0.15, 0.2) is 18.2 Å².